The lowest BCUT2D eigenvalue weighted by molar-refractivity contribution is -0.124. The predicted octanol–water partition coefficient (Wildman–Crippen LogP) is 2.10. The van der Waals surface area contributed by atoms with Crippen LogP contribution in [0.4, 0.5) is 11.4 Å². The molecule has 0 unspecified atom stereocenters. The van der Waals surface area contributed by atoms with Crippen LogP contribution in [0.3, 0.4) is 0 Å². The first-order valence-electron chi connectivity index (χ1n) is 7.71. The Balaban J connectivity index is 1.78. The highest BCUT2D eigenvalue weighted by atomic mass is 32.2. The molecule has 1 amide bonds. The van der Waals surface area contributed by atoms with Crippen molar-refractivity contribution in [2.75, 3.05) is 6.54 Å². The summed E-state index contributed by atoms with van der Waals surface area (Å²) in [6.07, 6.45) is 1.27. The van der Waals surface area contributed by atoms with Crippen LogP contribution in [0.25, 0.3) is 0 Å². The molecule has 0 spiro atoms. The summed E-state index contributed by atoms with van der Waals surface area (Å²) >= 11 is 4.95. The highest BCUT2D eigenvalue weighted by molar-refractivity contribution is 7.85. The van der Waals surface area contributed by atoms with Crippen LogP contribution in [0.1, 0.15) is 5.56 Å². The molecule has 0 aliphatic carbocycles. The van der Waals surface area contributed by atoms with E-state index < -0.39 is 10.1 Å². The van der Waals surface area contributed by atoms with Crippen LogP contribution in [-0.2, 0) is 14.9 Å². The number of aromatic hydroxyl groups is 1. The van der Waals surface area contributed by atoms with Gasteiger partial charge in [-0.05, 0) is 54.7 Å². The third-order valence-corrected chi connectivity index (χ3v) is 4.74. The lowest BCUT2D eigenvalue weighted by Gasteiger charge is -2.06. The van der Waals surface area contributed by atoms with Crippen LogP contribution in [-0.4, -0.2) is 46.9 Å². The van der Waals surface area contributed by atoms with Crippen LogP contribution >= 0.6 is 12.2 Å². The number of amides is 1. The average molecular weight is 419 g/mol. The fourth-order valence-corrected chi connectivity index (χ4v) is 2.86. The van der Waals surface area contributed by atoms with E-state index in [9.17, 15) is 18.3 Å². The van der Waals surface area contributed by atoms with E-state index in [2.05, 4.69) is 20.6 Å². The summed E-state index contributed by atoms with van der Waals surface area (Å²) in [4.78, 5) is 11.4. The van der Waals surface area contributed by atoms with Crippen LogP contribution in [0.2, 0.25) is 0 Å². The molecule has 1 heterocycles. The zero-order valence-corrected chi connectivity index (χ0v) is 15.7. The number of phenols is 1. The van der Waals surface area contributed by atoms with Crippen LogP contribution in [0.15, 0.2) is 62.7 Å². The maximum atomic E-state index is 11.6. The first-order valence-corrected chi connectivity index (χ1v) is 9.56. The molecular formula is C16H13N5O5S2. The molecule has 0 saturated carbocycles. The third-order valence-electron chi connectivity index (χ3n) is 3.56. The summed E-state index contributed by atoms with van der Waals surface area (Å²) in [5.41, 5.74) is 1.03. The van der Waals surface area contributed by atoms with Gasteiger partial charge in [0, 0.05) is 5.56 Å². The summed E-state index contributed by atoms with van der Waals surface area (Å²) in [6.45, 7) is 0.0623. The van der Waals surface area contributed by atoms with Gasteiger partial charge in [-0.25, -0.2) is 0 Å². The van der Waals surface area contributed by atoms with Crippen molar-refractivity contribution in [1.82, 2.24) is 10.3 Å². The zero-order chi connectivity index (χ0) is 20.3. The normalized spacial score (nSPS) is 15.0. The van der Waals surface area contributed by atoms with Crippen LogP contribution < -0.4 is 5.32 Å². The van der Waals surface area contributed by atoms with Crippen molar-refractivity contribution in [3.63, 3.8) is 0 Å². The van der Waals surface area contributed by atoms with Gasteiger partial charge < -0.3 is 10.4 Å². The van der Waals surface area contributed by atoms with Crippen molar-refractivity contribution in [1.29, 1.82) is 0 Å². The minimum absolute atomic E-state index is 0.0623. The second-order valence-corrected chi connectivity index (χ2v) is 7.33. The Morgan fingerprint density at radius 3 is 2.36 bits per heavy atom. The van der Waals surface area contributed by atoms with E-state index in [0.29, 0.717) is 16.9 Å². The van der Waals surface area contributed by atoms with Gasteiger partial charge in [0.2, 0.25) is 0 Å². The standard InChI is InChI=1S/C16H13N5O5S2/c22-14-6-3-12(7-10(14)8-18-21-15(23)9-17-16(21)27)20-19-11-1-4-13(5-2-11)28(24,25)26/h1-8,22H,9H2,(H,17,27)(H,24,25,26)/b18-8+,20-19?. The third kappa shape index (κ3) is 4.54. The molecule has 3 rings (SSSR count). The molecule has 1 saturated heterocycles. The number of carbonyl (C=O) groups excluding carboxylic acids is 1. The molecule has 1 fully saturated rings. The first kappa shape index (κ1) is 19.5. The molecule has 10 nitrogen and oxygen atoms in total. The number of phenolic OH excluding ortho intramolecular Hbond substituents is 1. The number of carbonyl (C=O) groups is 1. The number of hydrogen-bond acceptors (Lipinski definition) is 8. The maximum Gasteiger partial charge on any atom is 0.294 e. The second kappa shape index (κ2) is 7.80. The topological polar surface area (TPSA) is 144 Å². The van der Waals surface area contributed by atoms with Gasteiger partial charge >= 0.3 is 0 Å². The van der Waals surface area contributed by atoms with Gasteiger partial charge in [0.15, 0.2) is 5.11 Å². The second-order valence-electron chi connectivity index (χ2n) is 5.52. The van der Waals surface area contributed by atoms with Crippen molar-refractivity contribution < 1.29 is 22.9 Å². The van der Waals surface area contributed by atoms with Crippen molar-refractivity contribution in [3.8, 4) is 5.75 Å². The number of thiocarbonyl (C=S) groups is 1. The number of benzene rings is 2. The van der Waals surface area contributed by atoms with E-state index in [1.165, 1.54) is 48.7 Å². The van der Waals surface area contributed by atoms with E-state index in [1.54, 1.807) is 0 Å². The van der Waals surface area contributed by atoms with E-state index in [-0.39, 0.29) is 28.2 Å². The molecule has 0 aromatic heterocycles. The van der Waals surface area contributed by atoms with Crippen molar-refractivity contribution >= 4 is 50.9 Å². The van der Waals surface area contributed by atoms with Gasteiger partial charge in [-0.3, -0.25) is 9.35 Å². The fraction of sp³-hybridized carbons (Fsp3) is 0.0625. The minimum Gasteiger partial charge on any atom is -0.507 e. The lowest BCUT2D eigenvalue weighted by Crippen LogP contribution is -2.25. The average Bonchev–Trinajstić information content (AvgIpc) is 2.97. The lowest BCUT2D eigenvalue weighted by atomic mass is 10.2. The van der Waals surface area contributed by atoms with Crippen molar-refractivity contribution in [2.45, 2.75) is 4.90 Å². The Labute approximate surface area is 165 Å². The molecule has 28 heavy (non-hydrogen) atoms. The molecule has 0 bridgehead atoms. The molecule has 0 radical (unpaired) electrons. The number of hydrazone groups is 1. The predicted molar refractivity (Wildman–Crippen MR) is 104 cm³/mol. The van der Waals surface area contributed by atoms with Gasteiger partial charge in [-0.15, -0.1) is 0 Å². The quantitative estimate of drug-likeness (QED) is 0.291. The van der Waals surface area contributed by atoms with Gasteiger partial charge in [0.1, 0.15) is 5.75 Å². The maximum absolute atomic E-state index is 11.6. The van der Waals surface area contributed by atoms with Crippen molar-refractivity contribution in [3.05, 3.63) is 48.0 Å². The largest absolute Gasteiger partial charge is 0.507 e. The molecule has 0 atom stereocenters. The monoisotopic (exact) mass is 419 g/mol. The zero-order valence-electron chi connectivity index (χ0n) is 14.1. The summed E-state index contributed by atoms with van der Waals surface area (Å²) in [5, 5.41) is 25.7. The molecule has 12 heteroatoms. The molecular weight excluding hydrogens is 406 g/mol. The Kier molecular flexibility index (Phi) is 5.44. The minimum atomic E-state index is -4.27. The Morgan fingerprint density at radius 2 is 1.75 bits per heavy atom. The smallest absolute Gasteiger partial charge is 0.294 e. The SMILES string of the molecule is O=C1CNC(=S)N1/N=C/c1cc(N=Nc2ccc(S(=O)(=O)O)cc2)ccc1O. The van der Waals surface area contributed by atoms with E-state index >= 15 is 0 Å². The van der Waals surface area contributed by atoms with Crippen LogP contribution in [0.5, 0.6) is 5.75 Å². The highest BCUT2D eigenvalue weighted by Gasteiger charge is 2.24. The van der Waals surface area contributed by atoms with E-state index in [0.717, 1.165) is 5.01 Å². The number of azo groups is 1. The van der Waals surface area contributed by atoms with Crippen molar-refractivity contribution in [2.24, 2.45) is 15.3 Å². The summed E-state index contributed by atoms with van der Waals surface area (Å²) < 4.78 is 31.0. The van der Waals surface area contributed by atoms with Gasteiger partial charge in [-0.1, -0.05) is 0 Å². The Morgan fingerprint density at radius 1 is 1.11 bits per heavy atom. The number of nitrogens with zero attached hydrogens (tertiary/aromatic N) is 4. The highest BCUT2D eigenvalue weighted by Crippen LogP contribution is 2.25. The van der Waals surface area contributed by atoms with Crippen LogP contribution in [0, 0.1) is 0 Å². The summed E-state index contributed by atoms with van der Waals surface area (Å²) in [6, 6.07) is 9.54. The van der Waals surface area contributed by atoms with Gasteiger partial charge in [0.05, 0.1) is 29.0 Å². The molecule has 1 aliphatic rings. The molecule has 3 N–H and O–H groups in total. The molecule has 2 aromatic rings. The summed E-state index contributed by atoms with van der Waals surface area (Å²) in [5.74, 6) is -0.393. The number of hydrogen-bond donors (Lipinski definition) is 3. The summed E-state index contributed by atoms with van der Waals surface area (Å²) in [7, 11) is -4.27. The Bertz CT molecular complexity index is 1080. The van der Waals surface area contributed by atoms with Gasteiger partial charge in [-0.2, -0.15) is 28.8 Å². The Hall–Kier alpha value is -3.22. The number of nitrogens with one attached hydrogen (secondary N) is 1. The van der Waals surface area contributed by atoms with Gasteiger partial charge in [0.25, 0.3) is 16.0 Å². The van der Waals surface area contributed by atoms with E-state index in [1.807, 2.05) is 0 Å². The number of rotatable bonds is 5. The molecule has 1 aliphatic heterocycles. The fourth-order valence-electron chi connectivity index (χ4n) is 2.16. The molecule has 144 valence electrons. The molecule has 2 aromatic carbocycles. The van der Waals surface area contributed by atoms with E-state index in [4.69, 9.17) is 16.8 Å². The first-order chi connectivity index (χ1) is 13.2.